The van der Waals surface area contributed by atoms with Crippen LogP contribution in [-0.2, 0) is 120 Å². The van der Waals surface area contributed by atoms with Gasteiger partial charge in [-0.25, -0.2) is 56.4 Å². The van der Waals surface area contributed by atoms with Crippen LogP contribution in [0.25, 0.3) is 0 Å². The predicted molar refractivity (Wildman–Crippen MR) is 433 cm³/mol. The predicted octanol–water partition coefficient (Wildman–Crippen LogP) is 8.18. The van der Waals surface area contributed by atoms with Gasteiger partial charge >= 0.3 is 111 Å². The second-order valence-electron chi connectivity index (χ2n) is 26.0. The first-order valence-corrected chi connectivity index (χ1v) is 36.8. The molecule has 0 aromatic heterocycles. The summed E-state index contributed by atoms with van der Waals surface area (Å²) in [6, 6.07) is 0. The maximum atomic E-state index is 11.1. The van der Waals surface area contributed by atoms with Crippen molar-refractivity contribution in [1.29, 1.82) is 0 Å². The van der Waals surface area contributed by atoms with Crippen molar-refractivity contribution in [3.8, 4) is 0 Å². The van der Waals surface area contributed by atoms with Gasteiger partial charge in [-0.15, -0.1) is 0 Å². The Morgan fingerprint density at radius 3 is 1.00 bits per heavy atom. The Morgan fingerprint density at radius 1 is 0.438 bits per heavy atom. The largest absolute Gasteiger partial charge is 1.00 e. The molecule has 644 valence electrons. The molecule has 0 aromatic rings. The summed E-state index contributed by atoms with van der Waals surface area (Å²) < 4.78 is 94.4. The number of hydrogen-bond donors (Lipinski definition) is 1. The van der Waals surface area contributed by atoms with Gasteiger partial charge in [0.25, 0.3) is 0 Å². The Balaban J connectivity index is -0.000000114. The normalized spacial score (nSPS) is 10.8. The molecule has 0 amide bonds. The summed E-state index contributed by atoms with van der Waals surface area (Å²) >= 11 is 0. The van der Waals surface area contributed by atoms with E-state index < -0.39 is 39.7 Å². The number of likely N-dealkylation sites (N-methyl/N-ethyl adjacent to an activating group) is 2. The Hall–Kier alpha value is -6.85. The first-order chi connectivity index (χ1) is 50.4. The van der Waals surface area contributed by atoms with E-state index in [-0.39, 0.29) is 154 Å². The van der Waals surface area contributed by atoms with Crippen molar-refractivity contribution in [1.82, 2.24) is 0 Å². The zero-order valence-electron chi connectivity index (χ0n) is 70.0. The fraction of sp³-hybridized carbons (Fsp3) is 0.605. The van der Waals surface area contributed by atoms with Gasteiger partial charge < -0.3 is 80.2 Å². The number of unbranched alkanes of at least 4 members (excludes halogenated alkanes) is 2. The van der Waals surface area contributed by atoms with E-state index in [1.54, 1.807) is 55.4 Å². The fourth-order valence-electron chi connectivity index (χ4n) is 5.49. The van der Waals surface area contributed by atoms with Crippen molar-refractivity contribution in [2.24, 2.45) is 11.8 Å². The average molecular weight is 1650 g/mol. The third kappa shape index (κ3) is 107. The van der Waals surface area contributed by atoms with Crippen LogP contribution in [0.1, 0.15) is 144 Å². The van der Waals surface area contributed by atoms with E-state index >= 15 is 0 Å². The number of aliphatic hydroxyl groups is 1. The van der Waals surface area contributed by atoms with E-state index in [0.29, 0.717) is 122 Å². The van der Waals surface area contributed by atoms with Crippen LogP contribution in [0.4, 0.5) is 0 Å². The van der Waals surface area contributed by atoms with E-state index in [1.807, 2.05) is 27.7 Å². The van der Waals surface area contributed by atoms with Crippen LogP contribution < -0.4 is 51.4 Å². The van der Waals surface area contributed by atoms with Gasteiger partial charge in [-0.05, 0) is 86.5 Å². The maximum absolute atomic E-state index is 11.1. The number of esters is 10. The zero-order chi connectivity index (χ0) is 86.3. The molecule has 1 N–H and O–H groups in total. The van der Waals surface area contributed by atoms with Crippen molar-refractivity contribution in [3.63, 3.8) is 0 Å². The van der Waals surface area contributed by atoms with Crippen molar-refractivity contribution >= 4 is 69.8 Å². The van der Waals surface area contributed by atoms with Gasteiger partial charge in [0.1, 0.15) is 65.4 Å². The molecule has 0 bridgehead atoms. The Labute approximate surface area is 715 Å². The van der Waals surface area contributed by atoms with E-state index in [0.717, 1.165) is 41.2 Å². The summed E-state index contributed by atoms with van der Waals surface area (Å²) in [5.74, 6) is -3.66. The third-order valence-corrected chi connectivity index (χ3v) is 12.6. The van der Waals surface area contributed by atoms with E-state index in [2.05, 4.69) is 133 Å². The SMILES string of the molecule is C.C.C=C(C)C(=O)OCC(C)C.C=C(C)C(=O)OCC(C)C.C=C(C)C(=O)OCC1CO1.C=C(C)C(=O)OCCOC(=O)C(=C)C.C=C(C)C(=O)OCCOCCOCCO.C=C(C)C(=O)OCC[N+](C)(C)CCCC.C=CC(=O)OCCCS(=O)(=O)[O-].C=CC(=O)OCC[N+](C)(C)CCCC.C=CCOC(=O)C(=C)C.[K+]. The zero-order valence-corrected chi connectivity index (χ0v) is 73.9. The third-order valence-electron chi connectivity index (χ3n) is 11.9. The monoisotopic (exact) mass is 1650 g/mol. The number of carbonyl (C=O) groups is 10. The standard InChI is InChI=1S/C12H24NO2.C11H22NO2.C10H18O5.C10H14O4.2C8H14O2.C7H10O3.C7H10O2.C6H10O5S.2CH4.K/c1-6-7-8-13(4,5)9-10-15-12(14)11(2)3;1-5-7-8-12(3,4)9-10-14-11(13)6-2;1-9(2)10(12)15-8-7-14-6-5-13-4-3-11;1-7(2)9(11)13-5-6-14-10(12)8(3)4;2*1-6(2)5-10-8(9)7(3)4;1-5(2)7(8)10-4-6-3-9-6;1-4-5-9-7(8)6(2)3;1-2-6(7)11-4-3-5-12(8,9)10;;;/h2,6-10H2,1,3-5H3;6H,2,5,7-10H2,1,3-4H3;11H,1,3-8H2,2H3;1,3,5-6H2,2,4H3;2*6H,3,5H2,1-2,4H3;6H,1,3-4H2,2H3;4H,1-2,5H2,3H3;2H,1,3-5H2,(H,8,9,10);2*1H4;/q2*+1;;;;;;;;;;+1/p-1. The van der Waals surface area contributed by atoms with E-state index in [4.69, 9.17) is 47.7 Å². The molecule has 1 heterocycles. The number of ether oxygens (including phenoxy) is 13. The summed E-state index contributed by atoms with van der Waals surface area (Å²) in [5.41, 5.74) is 3.24. The molecule has 0 aliphatic carbocycles. The fourth-order valence-corrected chi connectivity index (χ4v) is 5.96. The molecular formula is C81H143KN2O27S+2. The summed E-state index contributed by atoms with van der Waals surface area (Å²) in [5, 5.41) is 8.39. The molecule has 1 atom stereocenters. The summed E-state index contributed by atoms with van der Waals surface area (Å²) in [6.07, 6.45) is 8.66. The summed E-state index contributed by atoms with van der Waals surface area (Å²) in [7, 11) is 4.42. The second kappa shape index (κ2) is 82.1. The van der Waals surface area contributed by atoms with Crippen LogP contribution in [0.15, 0.2) is 135 Å². The smallest absolute Gasteiger partial charge is 0.748 e. The van der Waals surface area contributed by atoms with Crippen molar-refractivity contribution in [2.75, 3.05) is 166 Å². The van der Waals surface area contributed by atoms with Crippen LogP contribution in [-0.4, -0.2) is 259 Å². The van der Waals surface area contributed by atoms with Crippen LogP contribution in [0.3, 0.4) is 0 Å². The van der Waals surface area contributed by atoms with Crippen LogP contribution in [0.5, 0.6) is 0 Å². The van der Waals surface area contributed by atoms with Crippen molar-refractivity contribution in [3.05, 3.63) is 135 Å². The molecule has 1 saturated heterocycles. The first kappa shape index (κ1) is 129. The molecule has 1 fully saturated rings. The molecule has 1 aliphatic heterocycles. The van der Waals surface area contributed by atoms with Gasteiger partial charge in [0.05, 0.1) is 111 Å². The first-order valence-electron chi connectivity index (χ1n) is 35.2. The van der Waals surface area contributed by atoms with Crippen LogP contribution >= 0.6 is 0 Å². The summed E-state index contributed by atoms with van der Waals surface area (Å²) in [4.78, 5) is 107. The van der Waals surface area contributed by atoms with E-state index in [9.17, 15) is 60.9 Å². The molecule has 1 unspecified atom stereocenters. The number of epoxide rings is 1. The van der Waals surface area contributed by atoms with Crippen LogP contribution in [0.2, 0.25) is 0 Å². The minimum Gasteiger partial charge on any atom is -0.748 e. The van der Waals surface area contributed by atoms with Gasteiger partial charge in [-0.2, -0.15) is 0 Å². The molecule has 112 heavy (non-hydrogen) atoms. The second-order valence-corrected chi connectivity index (χ2v) is 27.5. The van der Waals surface area contributed by atoms with Gasteiger partial charge in [0.2, 0.25) is 0 Å². The Bertz CT molecular complexity index is 2810. The molecule has 0 aromatic carbocycles. The molecule has 29 nitrogen and oxygen atoms in total. The number of nitrogens with zero attached hydrogens (tertiary/aromatic N) is 2. The molecule has 1 rings (SSSR count). The van der Waals surface area contributed by atoms with Crippen molar-refractivity contribution in [2.45, 2.75) is 150 Å². The van der Waals surface area contributed by atoms with Crippen LogP contribution in [0, 0.1) is 11.8 Å². The average Bonchev–Trinajstić information content (AvgIpc) is 1.83. The molecule has 0 saturated carbocycles. The molecule has 0 spiro atoms. The Kier molecular flexibility index (Phi) is 94.4. The molecular weight excluding hydrogens is 1500 g/mol. The molecule has 31 heteroatoms. The number of hydrogen-bond acceptors (Lipinski definition) is 27. The Morgan fingerprint density at radius 2 is 0.714 bits per heavy atom. The number of aliphatic hydroxyl groups excluding tert-OH is 1. The number of carbonyl (C=O) groups excluding carboxylic acids is 10. The minimum atomic E-state index is -4.20. The van der Waals surface area contributed by atoms with E-state index in [1.165, 1.54) is 37.8 Å². The topological polar surface area (TPSA) is 371 Å². The molecule has 1 aliphatic rings. The summed E-state index contributed by atoms with van der Waals surface area (Å²) in [6.45, 7) is 71.5. The van der Waals surface area contributed by atoms with Gasteiger partial charge in [-0.3, -0.25) is 0 Å². The van der Waals surface area contributed by atoms with Gasteiger partial charge in [-0.1, -0.05) is 148 Å². The molecule has 0 radical (unpaired) electrons. The number of rotatable bonds is 45. The maximum Gasteiger partial charge on any atom is 1.00 e. The quantitative estimate of drug-likeness (QED) is 0.00691. The van der Waals surface area contributed by atoms with Gasteiger partial charge in [0, 0.05) is 62.5 Å². The number of quaternary nitrogens is 2. The van der Waals surface area contributed by atoms with Crippen molar-refractivity contribution < 1.29 is 188 Å². The van der Waals surface area contributed by atoms with Gasteiger partial charge in [0.15, 0.2) is 0 Å². The minimum absolute atomic E-state index is 0.